The number of aryl methyl sites for hydroxylation is 2. The number of hydrogen-bond acceptors (Lipinski definition) is 5. The second kappa shape index (κ2) is 6.94. The van der Waals surface area contributed by atoms with E-state index in [0.717, 1.165) is 48.6 Å². The first-order chi connectivity index (χ1) is 14.7. The third-order valence-electron chi connectivity index (χ3n) is 7.74. The summed E-state index contributed by atoms with van der Waals surface area (Å²) in [6, 6.07) is 5.25. The molecule has 6 nitrogen and oxygen atoms in total. The van der Waals surface area contributed by atoms with E-state index in [4.69, 9.17) is 9.15 Å². The molecule has 0 radical (unpaired) electrons. The van der Waals surface area contributed by atoms with Crippen molar-refractivity contribution in [1.29, 1.82) is 0 Å². The fourth-order valence-electron chi connectivity index (χ4n) is 6.92. The highest BCUT2D eigenvalue weighted by atomic mass is 16.5. The first kappa shape index (κ1) is 20.3. The minimum absolute atomic E-state index is 0.0291. The molecule has 4 aliphatic carbocycles. The van der Waals surface area contributed by atoms with Gasteiger partial charge in [0, 0.05) is 29.5 Å². The van der Waals surface area contributed by atoms with E-state index in [1.54, 1.807) is 6.92 Å². The van der Waals surface area contributed by atoms with Gasteiger partial charge in [-0.1, -0.05) is 0 Å². The zero-order valence-electron chi connectivity index (χ0n) is 18.4. The molecule has 4 bridgehead atoms. The van der Waals surface area contributed by atoms with Gasteiger partial charge < -0.3 is 14.5 Å². The Morgan fingerprint density at radius 2 is 1.77 bits per heavy atom. The number of fused-ring (bicyclic) bond motifs is 1. The standard InChI is InChI=1S/C25H29NO5/c1-14-4-20-19(7-22(28)31-21(20)5-15(14)2)12-30-23(29)24-8-17-6-18(9-24)11-25(10-17,13-24)26-16(3)27/h4-5,7,17-18H,6,8-13H2,1-3H3,(H,26,27)/t17-,18+,24?,25?. The first-order valence-electron chi connectivity index (χ1n) is 11.2. The number of hydrogen-bond donors (Lipinski definition) is 1. The van der Waals surface area contributed by atoms with Crippen molar-refractivity contribution in [2.24, 2.45) is 17.3 Å². The van der Waals surface area contributed by atoms with Crippen LogP contribution in [0.2, 0.25) is 0 Å². The molecule has 1 aromatic heterocycles. The quantitative estimate of drug-likeness (QED) is 0.595. The number of carbonyl (C=O) groups is 2. The van der Waals surface area contributed by atoms with E-state index in [1.807, 2.05) is 26.0 Å². The predicted octanol–water partition coefficient (Wildman–Crippen LogP) is 3.93. The monoisotopic (exact) mass is 423 g/mol. The maximum Gasteiger partial charge on any atom is 0.336 e. The van der Waals surface area contributed by atoms with Crippen LogP contribution in [0, 0.1) is 31.1 Å². The number of carbonyl (C=O) groups excluding carboxylic acids is 2. The summed E-state index contributed by atoms with van der Waals surface area (Å²) in [4.78, 5) is 37.3. The molecule has 1 amide bonds. The van der Waals surface area contributed by atoms with Gasteiger partial charge in [-0.25, -0.2) is 4.79 Å². The van der Waals surface area contributed by atoms with Gasteiger partial charge in [-0.15, -0.1) is 0 Å². The lowest BCUT2D eigenvalue weighted by Crippen LogP contribution is -2.64. The van der Waals surface area contributed by atoms with E-state index in [9.17, 15) is 14.4 Å². The molecule has 4 fully saturated rings. The average Bonchev–Trinajstić information content (AvgIpc) is 2.65. The fraction of sp³-hybridized carbons (Fsp3) is 0.560. The molecule has 4 saturated carbocycles. The van der Waals surface area contributed by atoms with Crippen LogP contribution in [-0.2, 0) is 20.9 Å². The number of benzene rings is 1. The lowest BCUT2D eigenvalue weighted by molar-refractivity contribution is -0.177. The Balaban J connectivity index is 1.41. The highest BCUT2D eigenvalue weighted by molar-refractivity contribution is 5.83. The van der Waals surface area contributed by atoms with Crippen molar-refractivity contribution in [2.75, 3.05) is 0 Å². The van der Waals surface area contributed by atoms with Crippen molar-refractivity contribution in [3.63, 3.8) is 0 Å². The molecule has 4 atom stereocenters. The topological polar surface area (TPSA) is 85.6 Å². The van der Waals surface area contributed by atoms with Gasteiger partial charge in [0.15, 0.2) is 0 Å². The van der Waals surface area contributed by atoms with Crippen LogP contribution in [0.25, 0.3) is 11.0 Å². The van der Waals surface area contributed by atoms with E-state index in [2.05, 4.69) is 5.32 Å². The molecule has 164 valence electrons. The van der Waals surface area contributed by atoms with Gasteiger partial charge in [-0.2, -0.15) is 0 Å². The maximum atomic E-state index is 13.4. The molecule has 6 heteroatoms. The maximum absolute atomic E-state index is 13.4. The molecule has 0 aliphatic heterocycles. The van der Waals surface area contributed by atoms with Gasteiger partial charge in [0.2, 0.25) is 5.91 Å². The van der Waals surface area contributed by atoms with Crippen LogP contribution in [-0.4, -0.2) is 17.4 Å². The van der Waals surface area contributed by atoms with Crippen molar-refractivity contribution < 1.29 is 18.7 Å². The number of esters is 1. The molecule has 6 rings (SSSR count). The summed E-state index contributed by atoms with van der Waals surface area (Å²) in [5.74, 6) is 0.687. The van der Waals surface area contributed by atoms with Gasteiger partial charge >= 0.3 is 11.6 Å². The summed E-state index contributed by atoms with van der Waals surface area (Å²) in [7, 11) is 0. The van der Waals surface area contributed by atoms with E-state index >= 15 is 0 Å². The lowest BCUT2D eigenvalue weighted by Gasteiger charge is -2.60. The number of ether oxygens (including phenoxy) is 1. The van der Waals surface area contributed by atoms with Crippen molar-refractivity contribution >= 4 is 22.8 Å². The normalized spacial score (nSPS) is 31.1. The Bertz CT molecular complexity index is 1130. The average molecular weight is 424 g/mol. The Labute approximate surface area is 181 Å². The van der Waals surface area contributed by atoms with Gasteiger partial charge in [0.05, 0.1) is 5.41 Å². The molecule has 4 aliphatic rings. The number of rotatable bonds is 4. The Morgan fingerprint density at radius 1 is 1.10 bits per heavy atom. The second-order valence-corrected chi connectivity index (χ2v) is 10.3. The third-order valence-corrected chi connectivity index (χ3v) is 7.74. The highest BCUT2D eigenvalue weighted by Gasteiger charge is 2.61. The summed E-state index contributed by atoms with van der Waals surface area (Å²) < 4.78 is 11.2. The van der Waals surface area contributed by atoms with E-state index in [-0.39, 0.29) is 24.0 Å². The van der Waals surface area contributed by atoms with Crippen LogP contribution in [0.5, 0.6) is 0 Å². The highest BCUT2D eigenvalue weighted by Crippen LogP contribution is 2.62. The van der Waals surface area contributed by atoms with Crippen LogP contribution >= 0.6 is 0 Å². The molecule has 31 heavy (non-hydrogen) atoms. The molecule has 0 saturated heterocycles. The fourth-order valence-corrected chi connectivity index (χ4v) is 6.92. The molecular formula is C25H29NO5. The van der Waals surface area contributed by atoms with E-state index < -0.39 is 11.0 Å². The Kier molecular flexibility index (Phi) is 4.54. The smallest absolute Gasteiger partial charge is 0.336 e. The van der Waals surface area contributed by atoms with E-state index in [1.165, 1.54) is 6.07 Å². The first-order valence-corrected chi connectivity index (χ1v) is 11.2. The van der Waals surface area contributed by atoms with Crippen molar-refractivity contribution in [1.82, 2.24) is 5.32 Å². The number of nitrogens with one attached hydrogen (secondary N) is 1. The van der Waals surface area contributed by atoms with Crippen LogP contribution in [0.15, 0.2) is 27.4 Å². The van der Waals surface area contributed by atoms with Gasteiger partial charge in [-0.3, -0.25) is 9.59 Å². The largest absolute Gasteiger partial charge is 0.460 e. The summed E-state index contributed by atoms with van der Waals surface area (Å²) in [6.45, 7) is 5.58. The molecular weight excluding hydrogens is 394 g/mol. The lowest BCUT2D eigenvalue weighted by atomic mass is 9.47. The number of amides is 1. The predicted molar refractivity (Wildman–Crippen MR) is 115 cm³/mol. The van der Waals surface area contributed by atoms with Crippen LogP contribution in [0.3, 0.4) is 0 Å². The molecule has 1 N–H and O–H groups in total. The Morgan fingerprint density at radius 3 is 2.45 bits per heavy atom. The second-order valence-electron chi connectivity index (χ2n) is 10.3. The molecule has 2 aromatic rings. The van der Waals surface area contributed by atoms with Crippen LogP contribution in [0.1, 0.15) is 62.1 Å². The van der Waals surface area contributed by atoms with E-state index in [0.29, 0.717) is 29.4 Å². The van der Waals surface area contributed by atoms with Crippen LogP contribution in [0.4, 0.5) is 0 Å². The molecule has 0 spiro atoms. The Hall–Kier alpha value is -2.63. The molecule has 1 heterocycles. The van der Waals surface area contributed by atoms with Crippen molar-refractivity contribution in [2.45, 2.75) is 71.4 Å². The summed E-state index contributed by atoms with van der Waals surface area (Å²) >= 11 is 0. The van der Waals surface area contributed by atoms with Crippen LogP contribution < -0.4 is 10.9 Å². The third kappa shape index (κ3) is 3.46. The van der Waals surface area contributed by atoms with Gasteiger partial charge in [0.25, 0.3) is 0 Å². The summed E-state index contributed by atoms with van der Waals surface area (Å²) in [5, 5.41) is 3.99. The zero-order valence-corrected chi connectivity index (χ0v) is 18.4. The molecule has 2 unspecified atom stereocenters. The zero-order chi connectivity index (χ0) is 22.0. The molecule has 1 aromatic carbocycles. The SMILES string of the molecule is CC(=O)NC12C[C@H]3C[C@@H](C1)CC(C(=O)OCc1cc(=O)oc4cc(C)c(C)cc14)(C3)C2. The van der Waals surface area contributed by atoms with Crippen molar-refractivity contribution in [3.8, 4) is 0 Å². The van der Waals surface area contributed by atoms with Crippen molar-refractivity contribution in [3.05, 3.63) is 45.3 Å². The minimum Gasteiger partial charge on any atom is -0.460 e. The summed E-state index contributed by atoms with van der Waals surface area (Å²) in [5.41, 5.74) is 2.07. The van der Waals surface area contributed by atoms with Gasteiger partial charge in [0.1, 0.15) is 12.2 Å². The summed E-state index contributed by atoms with van der Waals surface area (Å²) in [6.07, 6.45) is 5.38. The minimum atomic E-state index is -0.533. The van der Waals surface area contributed by atoms with Gasteiger partial charge in [-0.05, 0) is 87.5 Å².